The van der Waals surface area contributed by atoms with E-state index in [1.807, 2.05) is 23.1 Å². The van der Waals surface area contributed by atoms with E-state index in [0.29, 0.717) is 42.6 Å². The molecule has 4 aromatic rings. The van der Waals surface area contributed by atoms with E-state index in [1.165, 1.54) is 27.0 Å². The van der Waals surface area contributed by atoms with Crippen molar-refractivity contribution in [2.45, 2.75) is 10.6 Å². The van der Waals surface area contributed by atoms with Crippen molar-refractivity contribution in [3.8, 4) is 10.7 Å². The van der Waals surface area contributed by atoms with Gasteiger partial charge in [-0.25, -0.2) is 13.4 Å². The minimum Gasteiger partial charge on any atom is -0.378 e. The smallest absolute Gasteiger partial charge is 0.273 e. The molecule has 8 nitrogen and oxygen atoms in total. The van der Waals surface area contributed by atoms with Crippen molar-refractivity contribution < 1.29 is 17.9 Å². The van der Waals surface area contributed by atoms with Gasteiger partial charge in [-0.3, -0.25) is 9.10 Å². The Morgan fingerprint density at radius 3 is 2.82 bits per heavy atom. The number of morpholine rings is 1. The number of H-pyrrole nitrogens is 1. The highest BCUT2D eigenvalue weighted by Gasteiger charge is 2.25. The van der Waals surface area contributed by atoms with E-state index in [9.17, 15) is 13.2 Å². The first-order valence-electron chi connectivity index (χ1n) is 10.4. The SMILES string of the molecule is CN(c1cccc2cc(-c3ncc(CC(=O)N4CCOCC4)s3)[nH]c12)S(=O)(=O)c1cccs1. The van der Waals surface area contributed by atoms with Crippen LogP contribution in [0.5, 0.6) is 0 Å². The highest BCUT2D eigenvalue weighted by molar-refractivity contribution is 7.94. The number of amides is 1. The molecule has 5 rings (SSSR count). The Bertz CT molecular complexity index is 1390. The van der Waals surface area contributed by atoms with Crippen molar-refractivity contribution in [1.82, 2.24) is 14.9 Å². The van der Waals surface area contributed by atoms with E-state index in [0.717, 1.165) is 26.5 Å². The summed E-state index contributed by atoms with van der Waals surface area (Å²) < 4.78 is 32.9. The van der Waals surface area contributed by atoms with Gasteiger partial charge in [0.2, 0.25) is 5.91 Å². The number of nitrogens with one attached hydrogen (secondary N) is 1. The van der Waals surface area contributed by atoms with Gasteiger partial charge in [-0.2, -0.15) is 0 Å². The standard InChI is InChI=1S/C22H22N4O4S3/c1-25(33(28,29)20-6-3-11-31-20)18-5-2-4-15-12-17(24-21(15)18)22-23-14-16(32-22)13-19(27)26-7-9-30-10-8-26/h2-6,11-12,14,24H,7-10,13H2,1H3. The second kappa shape index (κ2) is 8.90. The van der Waals surface area contributed by atoms with Crippen LogP contribution >= 0.6 is 22.7 Å². The van der Waals surface area contributed by atoms with Crippen molar-refractivity contribution in [2.75, 3.05) is 37.7 Å². The van der Waals surface area contributed by atoms with Gasteiger partial charge in [0.25, 0.3) is 10.0 Å². The topological polar surface area (TPSA) is 95.6 Å². The second-order valence-corrected chi connectivity index (χ2v) is 11.9. The first-order valence-corrected chi connectivity index (χ1v) is 13.5. The number of carbonyl (C=O) groups is 1. The van der Waals surface area contributed by atoms with Gasteiger partial charge in [-0.15, -0.1) is 22.7 Å². The lowest BCUT2D eigenvalue weighted by molar-refractivity contribution is -0.134. The van der Waals surface area contributed by atoms with Crippen molar-refractivity contribution in [3.05, 3.63) is 52.9 Å². The Morgan fingerprint density at radius 2 is 2.06 bits per heavy atom. The third-order valence-corrected chi connectivity index (χ3v) is 9.73. The number of thiophene rings is 1. The third kappa shape index (κ3) is 4.29. The summed E-state index contributed by atoms with van der Waals surface area (Å²) in [6, 6.07) is 10.8. The van der Waals surface area contributed by atoms with Gasteiger partial charge in [0.05, 0.1) is 36.5 Å². The van der Waals surface area contributed by atoms with Crippen LogP contribution in [0, 0.1) is 0 Å². The number of aromatic nitrogens is 2. The molecule has 0 radical (unpaired) electrons. The van der Waals surface area contributed by atoms with Crippen molar-refractivity contribution in [1.29, 1.82) is 0 Å². The number of rotatable bonds is 6. The lowest BCUT2D eigenvalue weighted by atomic mass is 10.2. The number of sulfonamides is 1. The summed E-state index contributed by atoms with van der Waals surface area (Å²) in [5.74, 6) is 0.0767. The molecule has 1 aromatic carbocycles. The van der Waals surface area contributed by atoms with E-state index >= 15 is 0 Å². The molecule has 33 heavy (non-hydrogen) atoms. The van der Waals surface area contributed by atoms with Gasteiger partial charge in [0.15, 0.2) is 0 Å². The van der Waals surface area contributed by atoms with E-state index in [1.54, 1.807) is 36.8 Å². The molecule has 0 unspecified atom stereocenters. The van der Waals surface area contributed by atoms with E-state index in [4.69, 9.17) is 4.74 Å². The Labute approximate surface area is 199 Å². The minimum absolute atomic E-state index is 0.0767. The molecule has 0 atom stereocenters. The summed E-state index contributed by atoms with van der Waals surface area (Å²) in [6.07, 6.45) is 2.04. The van der Waals surface area contributed by atoms with Crippen molar-refractivity contribution in [2.24, 2.45) is 0 Å². The molecular formula is C22H22N4O4S3. The van der Waals surface area contributed by atoms with Gasteiger partial charge >= 0.3 is 0 Å². The molecule has 1 aliphatic heterocycles. The molecule has 0 spiro atoms. The summed E-state index contributed by atoms with van der Waals surface area (Å²) in [7, 11) is -2.09. The Kier molecular flexibility index (Phi) is 5.95. The molecule has 0 aliphatic carbocycles. The van der Waals surface area contributed by atoms with Crippen LogP contribution in [0.4, 0.5) is 5.69 Å². The average molecular weight is 503 g/mol. The maximum Gasteiger partial charge on any atom is 0.273 e. The van der Waals surface area contributed by atoms with E-state index < -0.39 is 10.0 Å². The first kappa shape index (κ1) is 22.1. The number of carbonyl (C=O) groups excluding carboxylic acids is 1. The van der Waals surface area contributed by atoms with Crippen LogP contribution in [-0.4, -0.2) is 62.5 Å². The quantitative estimate of drug-likeness (QED) is 0.435. The van der Waals surface area contributed by atoms with Gasteiger partial charge in [0.1, 0.15) is 9.22 Å². The molecule has 1 saturated heterocycles. The van der Waals surface area contributed by atoms with Crippen LogP contribution in [0.2, 0.25) is 0 Å². The number of aromatic amines is 1. The normalized spacial score (nSPS) is 14.6. The highest BCUT2D eigenvalue weighted by Crippen LogP contribution is 2.34. The van der Waals surface area contributed by atoms with Crippen LogP contribution in [0.15, 0.2) is 52.2 Å². The van der Waals surface area contributed by atoms with Crippen LogP contribution in [0.1, 0.15) is 4.88 Å². The van der Waals surface area contributed by atoms with E-state index in [2.05, 4.69) is 9.97 Å². The maximum atomic E-state index is 13.0. The number of anilines is 1. The zero-order valence-corrected chi connectivity index (χ0v) is 20.3. The maximum absolute atomic E-state index is 13.0. The second-order valence-electron chi connectivity index (χ2n) is 7.63. The van der Waals surface area contributed by atoms with Crippen LogP contribution in [0.25, 0.3) is 21.6 Å². The number of nitrogens with zero attached hydrogens (tertiary/aromatic N) is 3. The number of ether oxygens (including phenoxy) is 1. The lowest BCUT2D eigenvalue weighted by Gasteiger charge is -2.26. The molecule has 1 aliphatic rings. The molecule has 11 heteroatoms. The number of fused-ring (bicyclic) bond motifs is 1. The average Bonchev–Trinajstić information content (AvgIpc) is 3.59. The molecule has 0 saturated carbocycles. The fraction of sp³-hybridized carbons (Fsp3) is 0.273. The molecule has 172 valence electrons. The molecule has 0 bridgehead atoms. The third-order valence-electron chi connectivity index (χ3n) is 5.56. The number of hydrogen-bond acceptors (Lipinski definition) is 7. The molecule has 1 fully saturated rings. The monoisotopic (exact) mass is 502 g/mol. The fourth-order valence-electron chi connectivity index (χ4n) is 3.78. The molecular weight excluding hydrogens is 480 g/mol. The lowest BCUT2D eigenvalue weighted by Crippen LogP contribution is -2.41. The number of benzene rings is 1. The fourth-order valence-corrected chi connectivity index (χ4v) is 7.02. The molecule has 3 aromatic heterocycles. The Balaban J connectivity index is 1.41. The molecule has 1 amide bonds. The van der Waals surface area contributed by atoms with Gasteiger partial charge in [0, 0.05) is 36.6 Å². The predicted molar refractivity (Wildman–Crippen MR) is 130 cm³/mol. The predicted octanol–water partition coefficient (Wildman–Crippen LogP) is 3.58. The number of hydrogen-bond donors (Lipinski definition) is 1. The zero-order chi connectivity index (χ0) is 23.0. The molecule has 4 heterocycles. The van der Waals surface area contributed by atoms with Crippen LogP contribution in [-0.2, 0) is 26.0 Å². The summed E-state index contributed by atoms with van der Waals surface area (Å²) in [4.78, 5) is 23.1. The van der Waals surface area contributed by atoms with Gasteiger partial charge in [-0.1, -0.05) is 18.2 Å². The summed E-state index contributed by atoms with van der Waals surface area (Å²) in [5.41, 5.74) is 2.07. The van der Waals surface area contributed by atoms with Crippen LogP contribution in [0.3, 0.4) is 0 Å². The number of para-hydroxylation sites is 1. The summed E-state index contributed by atoms with van der Waals surface area (Å²) >= 11 is 2.65. The Morgan fingerprint density at radius 1 is 1.24 bits per heavy atom. The summed E-state index contributed by atoms with van der Waals surface area (Å²) in [6.45, 7) is 2.40. The molecule has 1 N–H and O–H groups in total. The minimum atomic E-state index is -3.65. The van der Waals surface area contributed by atoms with E-state index in [-0.39, 0.29) is 5.91 Å². The Hall–Kier alpha value is -2.73. The van der Waals surface area contributed by atoms with Crippen LogP contribution < -0.4 is 4.31 Å². The first-order chi connectivity index (χ1) is 15.9. The van der Waals surface area contributed by atoms with Gasteiger partial charge < -0.3 is 14.6 Å². The summed E-state index contributed by atoms with van der Waals surface area (Å²) in [5, 5.41) is 3.39. The van der Waals surface area contributed by atoms with Gasteiger partial charge in [-0.05, 0) is 23.6 Å². The van der Waals surface area contributed by atoms with Crippen molar-refractivity contribution in [3.63, 3.8) is 0 Å². The zero-order valence-electron chi connectivity index (χ0n) is 17.9. The van der Waals surface area contributed by atoms with Crippen molar-refractivity contribution >= 4 is 55.2 Å². The number of thiazole rings is 1. The highest BCUT2D eigenvalue weighted by atomic mass is 32.2. The largest absolute Gasteiger partial charge is 0.378 e.